The van der Waals surface area contributed by atoms with Gasteiger partial charge in [0.1, 0.15) is 0 Å². The third kappa shape index (κ3) is 0.913. The van der Waals surface area contributed by atoms with Crippen molar-refractivity contribution in [2.24, 2.45) is 10.8 Å². The fourth-order valence-electron chi connectivity index (χ4n) is 4.53. The van der Waals surface area contributed by atoms with Crippen LogP contribution in [0.5, 0.6) is 0 Å². The van der Waals surface area contributed by atoms with Crippen LogP contribution in [0, 0.1) is 10.8 Å². The molecule has 1 spiro atoms. The van der Waals surface area contributed by atoms with Gasteiger partial charge in [-0.2, -0.15) is 0 Å². The zero-order chi connectivity index (χ0) is 13.9. The number of rotatable bonds is 3. The molecule has 0 aromatic rings. The summed E-state index contributed by atoms with van der Waals surface area (Å²) in [6, 6.07) is 0. The highest BCUT2D eigenvalue weighted by Crippen LogP contribution is 2.79. The Kier molecular flexibility index (Phi) is 2.13. The van der Waals surface area contributed by atoms with Crippen molar-refractivity contribution in [2.45, 2.75) is 37.6 Å². The molecular weight excluding hydrogens is 252 g/mol. The van der Waals surface area contributed by atoms with Gasteiger partial charge in [0.15, 0.2) is 11.0 Å². The number of hydrogen-bond donors (Lipinski definition) is 3. The molecular formula is C12H14N2O5. The molecule has 0 radical (unpaired) electrons. The summed E-state index contributed by atoms with van der Waals surface area (Å²) in [5.74, 6) is -2.80. The van der Waals surface area contributed by atoms with E-state index in [-0.39, 0.29) is 0 Å². The Morgan fingerprint density at radius 3 is 2.37 bits per heavy atom. The SMILES string of the molecule is O=CNC12C(=O)NC(=O)C1(C(=O)O)C21CCCCC1. The lowest BCUT2D eigenvalue weighted by atomic mass is 9.77. The molecule has 7 heteroatoms. The molecule has 3 rings (SSSR count). The van der Waals surface area contributed by atoms with Crippen molar-refractivity contribution < 1.29 is 24.3 Å². The maximum Gasteiger partial charge on any atom is 0.322 e. The average Bonchev–Trinajstić information content (AvgIpc) is 2.76. The normalized spacial score (nSPS) is 38.5. The quantitative estimate of drug-likeness (QED) is 0.350. The van der Waals surface area contributed by atoms with E-state index in [1.807, 2.05) is 0 Å². The zero-order valence-corrected chi connectivity index (χ0v) is 10.2. The van der Waals surface area contributed by atoms with Gasteiger partial charge in [0.05, 0.1) is 0 Å². The zero-order valence-electron chi connectivity index (χ0n) is 10.2. The molecule has 2 saturated carbocycles. The van der Waals surface area contributed by atoms with E-state index in [2.05, 4.69) is 10.6 Å². The number of fused-ring (bicyclic) bond motifs is 3. The molecule has 19 heavy (non-hydrogen) atoms. The number of carbonyl (C=O) groups is 4. The van der Waals surface area contributed by atoms with Gasteiger partial charge in [0.2, 0.25) is 12.3 Å². The van der Waals surface area contributed by atoms with E-state index >= 15 is 0 Å². The smallest absolute Gasteiger partial charge is 0.322 e. The van der Waals surface area contributed by atoms with Crippen molar-refractivity contribution in [1.82, 2.24) is 10.6 Å². The van der Waals surface area contributed by atoms with Gasteiger partial charge >= 0.3 is 5.97 Å². The first kappa shape index (κ1) is 12.1. The van der Waals surface area contributed by atoms with Gasteiger partial charge < -0.3 is 10.4 Å². The Morgan fingerprint density at radius 2 is 1.84 bits per heavy atom. The van der Waals surface area contributed by atoms with Gasteiger partial charge in [0, 0.05) is 5.41 Å². The molecule has 2 aliphatic carbocycles. The number of carboxylic acids is 1. The number of aliphatic carboxylic acids is 1. The molecule has 102 valence electrons. The van der Waals surface area contributed by atoms with Crippen LogP contribution in [-0.4, -0.2) is 34.8 Å². The first-order chi connectivity index (χ1) is 9.01. The number of piperidine rings is 1. The predicted molar refractivity (Wildman–Crippen MR) is 60.7 cm³/mol. The van der Waals surface area contributed by atoms with E-state index in [4.69, 9.17) is 0 Å². The lowest BCUT2D eigenvalue weighted by Crippen LogP contribution is -2.48. The number of nitrogens with one attached hydrogen (secondary N) is 2. The molecule has 0 aromatic heterocycles. The van der Waals surface area contributed by atoms with Crippen LogP contribution in [0.3, 0.4) is 0 Å². The monoisotopic (exact) mass is 266 g/mol. The summed E-state index contributed by atoms with van der Waals surface area (Å²) < 4.78 is 0. The van der Waals surface area contributed by atoms with Crippen molar-refractivity contribution in [3.05, 3.63) is 0 Å². The molecule has 3 N–H and O–H groups in total. The second kappa shape index (κ2) is 3.34. The summed E-state index contributed by atoms with van der Waals surface area (Å²) in [6.45, 7) is 0. The lowest BCUT2D eigenvalue weighted by molar-refractivity contribution is -0.150. The Bertz CT molecular complexity index is 510. The third-order valence-electron chi connectivity index (χ3n) is 5.15. The minimum atomic E-state index is -1.82. The van der Waals surface area contributed by atoms with Crippen LogP contribution >= 0.6 is 0 Å². The van der Waals surface area contributed by atoms with Gasteiger partial charge in [-0.25, -0.2) is 0 Å². The Morgan fingerprint density at radius 1 is 1.21 bits per heavy atom. The van der Waals surface area contributed by atoms with Gasteiger partial charge in [-0.15, -0.1) is 0 Å². The van der Waals surface area contributed by atoms with Crippen LogP contribution in [0.15, 0.2) is 0 Å². The van der Waals surface area contributed by atoms with Gasteiger partial charge in [-0.3, -0.25) is 24.5 Å². The Hall–Kier alpha value is -1.92. The second-order valence-corrected chi connectivity index (χ2v) is 5.49. The molecule has 1 heterocycles. The van der Waals surface area contributed by atoms with E-state index in [0.29, 0.717) is 19.3 Å². The van der Waals surface area contributed by atoms with Crippen molar-refractivity contribution in [1.29, 1.82) is 0 Å². The summed E-state index contributed by atoms with van der Waals surface area (Å²) >= 11 is 0. The van der Waals surface area contributed by atoms with E-state index < -0.39 is 34.2 Å². The summed E-state index contributed by atoms with van der Waals surface area (Å²) in [5, 5.41) is 14.0. The van der Waals surface area contributed by atoms with E-state index in [9.17, 15) is 24.3 Å². The topological polar surface area (TPSA) is 113 Å². The van der Waals surface area contributed by atoms with Crippen LogP contribution in [0.1, 0.15) is 32.1 Å². The summed E-state index contributed by atoms with van der Waals surface area (Å²) in [6.07, 6.45) is 3.73. The molecule has 7 nitrogen and oxygen atoms in total. The summed E-state index contributed by atoms with van der Waals surface area (Å²) in [4.78, 5) is 46.7. The second-order valence-electron chi connectivity index (χ2n) is 5.49. The molecule has 1 saturated heterocycles. The molecule has 2 unspecified atom stereocenters. The number of carboxylic acid groups (broad SMARTS) is 1. The summed E-state index contributed by atoms with van der Waals surface area (Å²) in [7, 11) is 0. The minimum absolute atomic E-state index is 0.319. The number of amides is 3. The van der Waals surface area contributed by atoms with Crippen molar-refractivity contribution in [2.75, 3.05) is 0 Å². The largest absolute Gasteiger partial charge is 0.480 e. The maximum absolute atomic E-state index is 12.1. The fraction of sp³-hybridized carbons (Fsp3) is 0.667. The van der Waals surface area contributed by atoms with E-state index in [0.717, 1.165) is 19.3 Å². The van der Waals surface area contributed by atoms with Gasteiger partial charge in [0.25, 0.3) is 5.91 Å². The van der Waals surface area contributed by atoms with Crippen molar-refractivity contribution in [3.63, 3.8) is 0 Å². The highest BCUT2D eigenvalue weighted by Gasteiger charge is 2.99. The standard InChI is InChI=1S/C12H14N2O5/c15-6-13-12-8(17)14-7(16)11(12,9(18)19)10(12)4-2-1-3-5-10/h6H,1-5H2,(H,13,15)(H,18,19)(H,14,16,17). The average molecular weight is 266 g/mol. The molecule has 3 aliphatic rings. The lowest BCUT2D eigenvalue weighted by Gasteiger charge is -2.28. The molecule has 0 bridgehead atoms. The number of carbonyl (C=O) groups excluding carboxylic acids is 3. The molecule has 0 aromatic carbocycles. The Balaban J connectivity index is 2.20. The van der Waals surface area contributed by atoms with Crippen LogP contribution < -0.4 is 10.6 Å². The number of imide groups is 1. The highest BCUT2D eigenvalue weighted by molar-refractivity contribution is 6.28. The van der Waals surface area contributed by atoms with Crippen molar-refractivity contribution >= 4 is 24.2 Å². The molecule has 3 amide bonds. The third-order valence-corrected chi connectivity index (χ3v) is 5.15. The predicted octanol–water partition coefficient (Wildman–Crippen LogP) is -0.837. The van der Waals surface area contributed by atoms with Crippen LogP contribution in [0.2, 0.25) is 0 Å². The van der Waals surface area contributed by atoms with Crippen LogP contribution in [-0.2, 0) is 19.2 Å². The Labute approximate surface area is 108 Å². The van der Waals surface area contributed by atoms with Gasteiger partial charge in [-0.05, 0) is 12.8 Å². The first-order valence-electron chi connectivity index (χ1n) is 6.32. The first-order valence-corrected chi connectivity index (χ1v) is 6.32. The fourth-order valence-corrected chi connectivity index (χ4v) is 4.53. The summed E-state index contributed by atoms with van der Waals surface area (Å²) in [5.41, 5.74) is -4.37. The van der Waals surface area contributed by atoms with E-state index in [1.165, 1.54) is 0 Å². The van der Waals surface area contributed by atoms with Crippen LogP contribution in [0.25, 0.3) is 0 Å². The maximum atomic E-state index is 12.1. The van der Waals surface area contributed by atoms with E-state index in [1.54, 1.807) is 0 Å². The highest BCUT2D eigenvalue weighted by atomic mass is 16.4. The van der Waals surface area contributed by atoms with Crippen molar-refractivity contribution in [3.8, 4) is 0 Å². The molecule has 3 fully saturated rings. The molecule has 1 aliphatic heterocycles. The minimum Gasteiger partial charge on any atom is -0.480 e. The van der Waals surface area contributed by atoms with Crippen LogP contribution in [0.4, 0.5) is 0 Å². The number of hydrogen-bond acceptors (Lipinski definition) is 4. The van der Waals surface area contributed by atoms with Gasteiger partial charge in [-0.1, -0.05) is 19.3 Å². The molecule has 2 atom stereocenters.